The van der Waals surface area contributed by atoms with Gasteiger partial charge in [0.15, 0.2) is 0 Å². The first-order valence-corrected chi connectivity index (χ1v) is 19.1. The molecule has 8 amide bonds. The van der Waals surface area contributed by atoms with Crippen LogP contribution in [0.3, 0.4) is 0 Å². The van der Waals surface area contributed by atoms with Crippen molar-refractivity contribution >= 4 is 71.1 Å². The maximum absolute atomic E-state index is 12.5. The summed E-state index contributed by atoms with van der Waals surface area (Å²) < 4.78 is 0. The molecule has 0 unspecified atom stereocenters. The van der Waals surface area contributed by atoms with Gasteiger partial charge < -0.3 is 19.4 Å². The van der Waals surface area contributed by atoms with Gasteiger partial charge in [-0.05, 0) is 56.8 Å². The third-order valence-corrected chi connectivity index (χ3v) is 9.91. The molecule has 0 bridgehead atoms. The zero-order chi connectivity index (χ0) is 41.5. The van der Waals surface area contributed by atoms with Crippen LogP contribution in [-0.2, 0) is 76.9 Å². The van der Waals surface area contributed by atoms with E-state index in [0.717, 1.165) is 12.2 Å². The summed E-state index contributed by atoms with van der Waals surface area (Å²) >= 11 is 0. The minimum Gasteiger partial charge on any atom is -0.330 e. The van der Waals surface area contributed by atoms with Crippen molar-refractivity contribution in [2.24, 2.45) is 5.41 Å². The highest BCUT2D eigenvalue weighted by atomic mass is 16.7. The maximum Gasteiger partial charge on any atom is 0.333 e. The monoisotopic (exact) mass is 802 g/mol. The van der Waals surface area contributed by atoms with Crippen LogP contribution < -0.4 is 0 Å². The van der Waals surface area contributed by atoms with Gasteiger partial charge in [-0.15, -0.1) is 15.2 Å². The van der Waals surface area contributed by atoms with Crippen molar-refractivity contribution in [3.8, 4) is 0 Å². The molecule has 4 aliphatic rings. The number of nitrogens with zero attached hydrogens (tertiary/aromatic N) is 4. The second-order valence-corrected chi connectivity index (χ2v) is 14.2. The molecule has 0 radical (unpaired) electrons. The van der Waals surface area contributed by atoms with Crippen molar-refractivity contribution in [2.45, 2.75) is 141 Å². The van der Waals surface area contributed by atoms with Gasteiger partial charge in [-0.25, -0.2) is 19.2 Å². The van der Waals surface area contributed by atoms with Gasteiger partial charge in [0, 0.05) is 76.4 Å². The van der Waals surface area contributed by atoms with Gasteiger partial charge in [0.25, 0.3) is 47.3 Å². The highest BCUT2D eigenvalue weighted by Gasteiger charge is 2.36. The van der Waals surface area contributed by atoms with E-state index >= 15 is 0 Å². The maximum atomic E-state index is 12.5. The Labute approximate surface area is 326 Å². The number of carbonyl (C=O) groups is 12. The molecule has 0 aromatic carbocycles. The Morgan fingerprint density at radius 2 is 0.614 bits per heavy atom. The van der Waals surface area contributed by atoms with Crippen LogP contribution in [0.5, 0.6) is 0 Å². The Bertz CT molecular complexity index is 1440. The molecule has 310 valence electrons. The van der Waals surface area contributed by atoms with Crippen molar-refractivity contribution in [1.82, 2.24) is 20.3 Å². The number of imide groups is 4. The number of amides is 8. The molecule has 57 heavy (non-hydrogen) atoms. The summed E-state index contributed by atoms with van der Waals surface area (Å²) in [6.45, 7) is 0. The van der Waals surface area contributed by atoms with E-state index < -0.39 is 76.5 Å². The van der Waals surface area contributed by atoms with E-state index in [0.29, 0.717) is 97.3 Å². The summed E-state index contributed by atoms with van der Waals surface area (Å²) in [4.78, 5) is 165. The van der Waals surface area contributed by atoms with Crippen molar-refractivity contribution in [3.63, 3.8) is 0 Å². The largest absolute Gasteiger partial charge is 0.333 e. The molecule has 20 heteroatoms. The Balaban J connectivity index is 1.37. The molecular formula is C37H46N4O16. The van der Waals surface area contributed by atoms with Gasteiger partial charge in [-0.2, -0.15) is 0 Å². The molecule has 0 atom stereocenters. The normalized spacial score (nSPS) is 17.1. The van der Waals surface area contributed by atoms with E-state index in [1.165, 1.54) is 0 Å². The van der Waals surface area contributed by atoms with Crippen LogP contribution in [0.25, 0.3) is 0 Å². The first kappa shape index (κ1) is 43.9. The first-order valence-electron chi connectivity index (χ1n) is 19.1. The zero-order valence-electron chi connectivity index (χ0n) is 31.5. The van der Waals surface area contributed by atoms with Crippen LogP contribution in [0.1, 0.15) is 141 Å². The Morgan fingerprint density at radius 3 is 0.860 bits per heavy atom. The summed E-state index contributed by atoms with van der Waals surface area (Å²) in [6, 6.07) is 0. The molecule has 0 N–H and O–H groups in total. The topological polar surface area (TPSA) is 255 Å². The van der Waals surface area contributed by atoms with E-state index in [4.69, 9.17) is 19.4 Å². The minimum absolute atomic E-state index is 0.0451. The summed E-state index contributed by atoms with van der Waals surface area (Å²) in [6.07, 6.45) is 6.56. The zero-order valence-corrected chi connectivity index (χ0v) is 31.5. The van der Waals surface area contributed by atoms with Crippen LogP contribution in [0.15, 0.2) is 12.2 Å². The second kappa shape index (κ2) is 20.9. The number of hydroxylamine groups is 8. The third kappa shape index (κ3) is 13.1. The highest BCUT2D eigenvalue weighted by Crippen LogP contribution is 2.42. The van der Waals surface area contributed by atoms with Gasteiger partial charge in [-0.3, -0.25) is 38.4 Å². The summed E-state index contributed by atoms with van der Waals surface area (Å²) in [5, 5.41) is 1.80. The summed E-state index contributed by atoms with van der Waals surface area (Å²) in [5.41, 5.74) is -0.491. The van der Waals surface area contributed by atoms with E-state index in [2.05, 4.69) is 0 Å². The molecule has 4 aliphatic heterocycles. The molecule has 3 fully saturated rings. The fourth-order valence-electron chi connectivity index (χ4n) is 6.87. The van der Waals surface area contributed by atoms with Crippen LogP contribution in [0.2, 0.25) is 0 Å². The molecule has 4 rings (SSSR count). The van der Waals surface area contributed by atoms with E-state index in [9.17, 15) is 57.5 Å². The quantitative estimate of drug-likeness (QED) is 0.100. The van der Waals surface area contributed by atoms with Crippen LogP contribution in [0, 0.1) is 5.41 Å². The lowest BCUT2D eigenvalue weighted by Crippen LogP contribution is -2.32. The molecule has 0 spiro atoms. The summed E-state index contributed by atoms with van der Waals surface area (Å²) in [7, 11) is 0. The van der Waals surface area contributed by atoms with Crippen molar-refractivity contribution < 1.29 is 76.9 Å². The Kier molecular flexibility index (Phi) is 16.1. The fourth-order valence-corrected chi connectivity index (χ4v) is 6.87. The van der Waals surface area contributed by atoms with Gasteiger partial charge in [0.1, 0.15) is 0 Å². The average molecular weight is 803 g/mol. The SMILES string of the molecule is O=C(CCCCC(CCCCC(=O)ON1C(=O)CCC1=O)(CCCCC(=O)ON1C(=O)CCC1=O)CCCCC(=O)ON1C(=O)CCC1=O)ON1C(=O)C=CC1=O. The van der Waals surface area contributed by atoms with Crippen LogP contribution in [-0.4, -0.2) is 91.4 Å². The van der Waals surface area contributed by atoms with Gasteiger partial charge in [-0.1, -0.05) is 30.7 Å². The standard InChI is InChI=1S/C37H46N4O16/c42-25-13-14-26(43)38(25)54-33(50)9-1-5-21-37(22-6-2-10-34(51)55-39-27(44)15-16-28(39)45,23-7-3-11-35(52)56-40-29(46)17-18-30(40)47)24-8-4-12-36(53)57-41-31(48)19-20-32(41)49/h13-14H,1-12,15-24H2. The van der Waals surface area contributed by atoms with Gasteiger partial charge in [0.2, 0.25) is 0 Å². The van der Waals surface area contributed by atoms with E-state index in [1.807, 2.05) is 0 Å². The molecule has 0 aliphatic carbocycles. The number of rotatable bonds is 24. The highest BCUT2D eigenvalue weighted by molar-refractivity contribution is 6.12. The minimum atomic E-state index is -0.790. The van der Waals surface area contributed by atoms with Crippen LogP contribution in [0.4, 0.5) is 0 Å². The molecule has 0 saturated carbocycles. The number of carbonyl (C=O) groups excluding carboxylic acids is 12. The van der Waals surface area contributed by atoms with Crippen molar-refractivity contribution in [2.75, 3.05) is 0 Å². The van der Waals surface area contributed by atoms with E-state index in [1.54, 1.807) is 0 Å². The van der Waals surface area contributed by atoms with Crippen molar-refractivity contribution in [1.29, 1.82) is 0 Å². The molecule has 20 nitrogen and oxygen atoms in total. The summed E-state index contributed by atoms with van der Waals surface area (Å²) in [5.74, 6) is -8.21. The van der Waals surface area contributed by atoms with Gasteiger partial charge in [0.05, 0.1) is 0 Å². The number of hydrogen-bond acceptors (Lipinski definition) is 16. The number of unbranched alkanes of at least 4 members (excludes halogenated alkanes) is 4. The predicted octanol–water partition coefficient (Wildman–Crippen LogP) is 2.42. The Hall–Kier alpha value is -5.82. The molecular weight excluding hydrogens is 756 g/mol. The molecule has 0 aromatic heterocycles. The lowest BCUT2D eigenvalue weighted by atomic mass is 9.70. The molecule has 4 heterocycles. The lowest BCUT2D eigenvalue weighted by Gasteiger charge is -2.35. The first-order chi connectivity index (χ1) is 27.2. The van der Waals surface area contributed by atoms with E-state index in [-0.39, 0.29) is 64.2 Å². The Morgan fingerprint density at radius 1 is 0.386 bits per heavy atom. The van der Waals surface area contributed by atoms with Gasteiger partial charge >= 0.3 is 23.9 Å². The third-order valence-electron chi connectivity index (χ3n) is 9.91. The number of hydrogen-bond donors (Lipinski definition) is 0. The molecule has 3 saturated heterocycles. The smallest absolute Gasteiger partial charge is 0.330 e. The predicted molar refractivity (Wildman–Crippen MR) is 185 cm³/mol. The average Bonchev–Trinajstić information content (AvgIpc) is 3.88. The fraction of sp³-hybridized carbons (Fsp3) is 0.622. The van der Waals surface area contributed by atoms with Crippen molar-refractivity contribution in [3.05, 3.63) is 12.2 Å². The lowest BCUT2D eigenvalue weighted by molar-refractivity contribution is -0.197. The second-order valence-electron chi connectivity index (χ2n) is 14.2. The van der Waals surface area contributed by atoms with Crippen LogP contribution >= 0.6 is 0 Å². The molecule has 0 aromatic rings.